The van der Waals surface area contributed by atoms with Gasteiger partial charge in [0.15, 0.2) is 5.78 Å². The van der Waals surface area contributed by atoms with Crippen LogP contribution in [0.1, 0.15) is 42.4 Å². The van der Waals surface area contributed by atoms with E-state index in [-0.39, 0.29) is 29.9 Å². The maximum absolute atomic E-state index is 13.4. The van der Waals surface area contributed by atoms with Crippen LogP contribution >= 0.6 is 22.6 Å². The molecule has 2 heterocycles. The molecule has 0 saturated heterocycles. The summed E-state index contributed by atoms with van der Waals surface area (Å²) in [6.07, 6.45) is 2.94. The smallest absolute Gasteiger partial charge is 0.232 e. The first-order valence-electron chi connectivity index (χ1n) is 10.0. The normalized spacial score (nSPS) is 21.7. The Morgan fingerprint density at radius 3 is 2.33 bits per heavy atom. The molecule has 2 unspecified atom stereocenters. The summed E-state index contributed by atoms with van der Waals surface area (Å²) in [6, 6.07) is 21.7. The van der Waals surface area contributed by atoms with Crippen molar-refractivity contribution in [3.05, 3.63) is 99.2 Å². The van der Waals surface area contributed by atoms with Crippen molar-refractivity contribution in [2.45, 2.75) is 31.1 Å². The third-order valence-electron chi connectivity index (χ3n) is 5.97. The molecule has 4 nitrogen and oxygen atoms in total. The molecule has 2 aromatic carbocycles. The zero-order valence-electron chi connectivity index (χ0n) is 16.3. The first kappa shape index (κ1) is 19.3. The Kier molecular flexibility index (Phi) is 5.06. The highest BCUT2D eigenvalue weighted by molar-refractivity contribution is 14.1. The molecule has 1 aromatic heterocycles. The Hall–Kier alpha value is -2.67. The number of furan rings is 1. The van der Waals surface area contributed by atoms with Gasteiger partial charge in [0.2, 0.25) is 5.91 Å². The van der Waals surface area contributed by atoms with Crippen molar-refractivity contribution in [3.63, 3.8) is 0 Å². The molecule has 2 atom stereocenters. The maximum Gasteiger partial charge on any atom is 0.232 e. The monoisotopic (exact) mass is 509 g/mol. The van der Waals surface area contributed by atoms with E-state index in [1.54, 1.807) is 11.2 Å². The lowest BCUT2D eigenvalue weighted by Crippen LogP contribution is -2.41. The molecule has 30 heavy (non-hydrogen) atoms. The summed E-state index contributed by atoms with van der Waals surface area (Å²) in [7, 11) is 0. The highest BCUT2D eigenvalue weighted by atomic mass is 127. The minimum Gasteiger partial charge on any atom is -0.469 e. The molecule has 0 fully saturated rings. The maximum atomic E-state index is 13.4. The number of carbonyl (C=O) groups excluding carboxylic acids is 2. The SMILES string of the molecule is O=C1CC(c2ccccc2)CC2=C1C(c1ccco1)CC(=O)N2c1ccc(I)cc1. The fraction of sp³-hybridized carbons (Fsp3) is 0.200. The lowest BCUT2D eigenvalue weighted by molar-refractivity contribution is -0.120. The average molecular weight is 509 g/mol. The number of hydrogen-bond donors (Lipinski definition) is 0. The summed E-state index contributed by atoms with van der Waals surface area (Å²) < 4.78 is 6.73. The topological polar surface area (TPSA) is 50.5 Å². The standard InChI is InChI=1S/C25H20INO3/c26-18-8-10-19(11-9-18)27-21-13-17(16-5-2-1-3-6-16)14-22(28)25(21)20(15-24(27)29)23-7-4-12-30-23/h1-12,17,20H,13-15H2. The van der Waals surface area contributed by atoms with E-state index in [4.69, 9.17) is 4.42 Å². The summed E-state index contributed by atoms with van der Waals surface area (Å²) in [5.41, 5.74) is 3.49. The molecule has 0 spiro atoms. The molecule has 1 aliphatic heterocycles. The Balaban J connectivity index is 1.64. The van der Waals surface area contributed by atoms with Crippen molar-refractivity contribution in [2.75, 3.05) is 4.90 Å². The zero-order valence-corrected chi connectivity index (χ0v) is 18.4. The number of anilines is 1. The van der Waals surface area contributed by atoms with Gasteiger partial charge in [-0.05, 0) is 76.9 Å². The van der Waals surface area contributed by atoms with Crippen LogP contribution < -0.4 is 4.90 Å². The summed E-state index contributed by atoms with van der Waals surface area (Å²) in [6.45, 7) is 0. The Labute approximate surface area is 188 Å². The number of rotatable bonds is 3. The van der Waals surface area contributed by atoms with Crippen molar-refractivity contribution in [2.24, 2.45) is 0 Å². The quantitative estimate of drug-likeness (QED) is 0.419. The van der Waals surface area contributed by atoms with Crippen molar-refractivity contribution in [3.8, 4) is 0 Å². The van der Waals surface area contributed by atoms with Gasteiger partial charge in [-0.2, -0.15) is 0 Å². The van der Waals surface area contributed by atoms with Gasteiger partial charge in [-0.25, -0.2) is 0 Å². The average Bonchev–Trinajstić information content (AvgIpc) is 3.29. The predicted molar refractivity (Wildman–Crippen MR) is 123 cm³/mol. The third kappa shape index (κ3) is 3.41. The second-order valence-electron chi connectivity index (χ2n) is 7.78. The predicted octanol–water partition coefficient (Wildman–Crippen LogP) is 5.81. The van der Waals surface area contributed by atoms with Gasteiger partial charge in [0.25, 0.3) is 0 Å². The van der Waals surface area contributed by atoms with Gasteiger partial charge in [-0.3, -0.25) is 14.5 Å². The fourth-order valence-corrected chi connectivity index (χ4v) is 4.98. The van der Waals surface area contributed by atoms with E-state index in [1.165, 1.54) is 0 Å². The Morgan fingerprint density at radius 1 is 0.867 bits per heavy atom. The van der Waals surface area contributed by atoms with Gasteiger partial charge in [0.1, 0.15) is 5.76 Å². The molecule has 5 heteroatoms. The van der Waals surface area contributed by atoms with Crippen LogP contribution in [0.3, 0.4) is 0 Å². The van der Waals surface area contributed by atoms with Crippen molar-refractivity contribution < 1.29 is 14.0 Å². The van der Waals surface area contributed by atoms with E-state index in [2.05, 4.69) is 34.7 Å². The van der Waals surface area contributed by atoms with Crippen LogP contribution in [-0.4, -0.2) is 11.7 Å². The first-order chi connectivity index (χ1) is 14.6. The number of hydrogen-bond acceptors (Lipinski definition) is 3. The van der Waals surface area contributed by atoms with Crippen LogP contribution in [0, 0.1) is 3.57 Å². The molecule has 0 bridgehead atoms. The van der Waals surface area contributed by atoms with Crippen LogP contribution in [0.4, 0.5) is 5.69 Å². The van der Waals surface area contributed by atoms with E-state index >= 15 is 0 Å². The van der Waals surface area contributed by atoms with Crippen LogP contribution in [-0.2, 0) is 9.59 Å². The van der Waals surface area contributed by atoms with Gasteiger partial charge < -0.3 is 4.42 Å². The van der Waals surface area contributed by atoms with Crippen LogP contribution in [0.2, 0.25) is 0 Å². The molecule has 5 rings (SSSR count). The number of benzene rings is 2. The third-order valence-corrected chi connectivity index (χ3v) is 6.69. The van der Waals surface area contributed by atoms with E-state index in [1.807, 2.05) is 54.6 Å². The Bertz CT molecular complexity index is 1120. The molecule has 150 valence electrons. The van der Waals surface area contributed by atoms with Gasteiger partial charge >= 0.3 is 0 Å². The van der Waals surface area contributed by atoms with Crippen molar-refractivity contribution in [1.82, 2.24) is 0 Å². The minimum absolute atomic E-state index is 0.00197. The van der Waals surface area contributed by atoms with Gasteiger partial charge in [-0.15, -0.1) is 0 Å². The highest BCUT2D eigenvalue weighted by Gasteiger charge is 2.43. The second-order valence-corrected chi connectivity index (χ2v) is 9.02. The highest BCUT2D eigenvalue weighted by Crippen LogP contribution is 2.47. The van der Waals surface area contributed by atoms with E-state index in [0.29, 0.717) is 18.6 Å². The lowest BCUT2D eigenvalue weighted by atomic mass is 9.74. The minimum atomic E-state index is -0.313. The Morgan fingerprint density at radius 2 is 1.63 bits per heavy atom. The summed E-state index contributed by atoms with van der Waals surface area (Å²) in [5, 5.41) is 0. The van der Waals surface area contributed by atoms with Crippen LogP contribution in [0.5, 0.6) is 0 Å². The summed E-state index contributed by atoms with van der Waals surface area (Å²) >= 11 is 2.25. The number of ketones is 1. The molecule has 1 amide bonds. The number of allylic oxidation sites excluding steroid dienone is 2. The van der Waals surface area contributed by atoms with Crippen molar-refractivity contribution >= 4 is 40.0 Å². The number of halogens is 1. The fourth-order valence-electron chi connectivity index (χ4n) is 4.62. The molecular weight excluding hydrogens is 489 g/mol. The molecular formula is C25H20INO3. The lowest BCUT2D eigenvalue weighted by Gasteiger charge is -2.39. The molecule has 0 radical (unpaired) electrons. The number of amides is 1. The second kappa shape index (κ2) is 7.87. The van der Waals surface area contributed by atoms with E-state index in [0.717, 1.165) is 26.1 Å². The van der Waals surface area contributed by atoms with Gasteiger partial charge in [0.05, 0.1) is 12.2 Å². The first-order valence-corrected chi connectivity index (χ1v) is 11.1. The molecule has 0 saturated carbocycles. The summed E-state index contributed by atoms with van der Waals surface area (Å²) in [4.78, 5) is 28.5. The number of carbonyl (C=O) groups is 2. The number of nitrogens with zero attached hydrogens (tertiary/aromatic N) is 1. The van der Waals surface area contributed by atoms with Gasteiger partial charge in [0, 0.05) is 33.4 Å². The van der Waals surface area contributed by atoms with Gasteiger partial charge in [-0.1, -0.05) is 30.3 Å². The molecule has 2 aliphatic rings. The van der Waals surface area contributed by atoms with Crippen LogP contribution in [0.25, 0.3) is 0 Å². The summed E-state index contributed by atoms with van der Waals surface area (Å²) in [5.74, 6) is 0.538. The zero-order chi connectivity index (χ0) is 20.7. The molecule has 3 aromatic rings. The van der Waals surface area contributed by atoms with Crippen LogP contribution in [0.15, 0.2) is 88.7 Å². The van der Waals surface area contributed by atoms with E-state index in [9.17, 15) is 9.59 Å². The molecule has 0 N–H and O–H groups in total. The van der Waals surface area contributed by atoms with Crippen molar-refractivity contribution in [1.29, 1.82) is 0 Å². The number of Topliss-reactive ketones (excluding diaryl/α,β-unsaturated/α-hetero) is 1. The van der Waals surface area contributed by atoms with E-state index < -0.39 is 0 Å². The largest absolute Gasteiger partial charge is 0.469 e. The molecule has 1 aliphatic carbocycles.